The molecule has 0 atom stereocenters. The Balaban J connectivity index is 1.98. The second-order valence-electron chi connectivity index (χ2n) is 2.89. The molecular weight excluding hydrogens is 157 g/mol. The quantitative estimate of drug-likeness (QED) is 0.722. The van der Waals surface area contributed by atoms with E-state index < -0.39 is 0 Å². The van der Waals surface area contributed by atoms with Gasteiger partial charge in [0.2, 0.25) is 0 Å². The predicted octanol–water partition coefficient (Wildman–Crippen LogP) is 1.64. The molecule has 1 aliphatic rings. The second-order valence-corrected chi connectivity index (χ2v) is 2.89. The average molecular weight is 167 g/mol. The van der Waals surface area contributed by atoms with E-state index in [2.05, 4.69) is 5.32 Å². The molecular formula is C9H10FNO. The van der Waals surface area contributed by atoms with Crippen LogP contribution in [0.3, 0.4) is 0 Å². The van der Waals surface area contributed by atoms with Gasteiger partial charge >= 0.3 is 0 Å². The molecule has 0 radical (unpaired) electrons. The summed E-state index contributed by atoms with van der Waals surface area (Å²) in [6, 6.07) is 6.75. The molecule has 1 heterocycles. The van der Waals surface area contributed by atoms with Crippen molar-refractivity contribution in [1.29, 1.82) is 0 Å². The Morgan fingerprint density at radius 2 is 1.92 bits per heavy atom. The minimum absolute atomic E-state index is 0.203. The number of hydrogen-bond donors (Lipinski definition) is 1. The van der Waals surface area contributed by atoms with E-state index in [0.717, 1.165) is 18.9 Å². The normalized spacial score (nSPS) is 17.1. The van der Waals surface area contributed by atoms with E-state index in [4.69, 9.17) is 4.74 Å². The fraction of sp³-hybridized carbons (Fsp3) is 0.333. The third kappa shape index (κ3) is 1.56. The molecule has 0 amide bonds. The van der Waals surface area contributed by atoms with Crippen molar-refractivity contribution >= 4 is 5.69 Å². The summed E-state index contributed by atoms with van der Waals surface area (Å²) in [5.74, 6) is -0.203. The topological polar surface area (TPSA) is 21.3 Å². The van der Waals surface area contributed by atoms with E-state index in [1.54, 1.807) is 12.1 Å². The summed E-state index contributed by atoms with van der Waals surface area (Å²) in [6.07, 6.45) is 0. The van der Waals surface area contributed by atoms with Gasteiger partial charge < -0.3 is 10.1 Å². The number of hydrogen-bond acceptors (Lipinski definition) is 2. The molecule has 1 fully saturated rings. The summed E-state index contributed by atoms with van der Waals surface area (Å²) >= 11 is 0. The van der Waals surface area contributed by atoms with Crippen LogP contribution in [-0.2, 0) is 4.74 Å². The van der Waals surface area contributed by atoms with Crippen molar-refractivity contribution in [1.82, 2.24) is 0 Å². The first kappa shape index (κ1) is 7.55. The predicted molar refractivity (Wildman–Crippen MR) is 44.6 cm³/mol. The molecule has 1 N–H and O–H groups in total. The largest absolute Gasteiger partial charge is 0.378 e. The van der Waals surface area contributed by atoms with E-state index in [1.807, 2.05) is 0 Å². The first-order chi connectivity index (χ1) is 5.84. The van der Waals surface area contributed by atoms with Crippen LogP contribution in [-0.4, -0.2) is 19.3 Å². The van der Waals surface area contributed by atoms with Crippen LogP contribution in [0.2, 0.25) is 0 Å². The molecule has 1 aromatic rings. The zero-order valence-corrected chi connectivity index (χ0v) is 6.59. The molecule has 2 nitrogen and oxygen atoms in total. The van der Waals surface area contributed by atoms with Gasteiger partial charge in [-0.2, -0.15) is 0 Å². The highest BCUT2D eigenvalue weighted by atomic mass is 19.1. The number of benzene rings is 1. The van der Waals surface area contributed by atoms with Crippen LogP contribution in [0.15, 0.2) is 24.3 Å². The van der Waals surface area contributed by atoms with Gasteiger partial charge in [-0.3, -0.25) is 0 Å². The highest BCUT2D eigenvalue weighted by Gasteiger charge is 2.17. The van der Waals surface area contributed by atoms with Crippen LogP contribution in [0, 0.1) is 5.82 Å². The third-order valence-electron chi connectivity index (χ3n) is 1.85. The van der Waals surface area contributed by atoms with Gasteiger partial charge in [0.15, 0.2) is 0 Å². The minimum Gasteiger partial charge on any atom is -0.378 e. The maximum absolute atomic E-state index is 12.5. The van der Waals surface area contributed by atoms with Crippen molar-refractivity contribution in [2.24, 2.45) is 0 Å². The standard InChI is InChI=1S/C9H10FNO/c10-7-1-3-8(4-2-7)11-9-5-12-6-9/h1-4,9,11H,5-6H2. The fourth-order valence-electron chi connectivity index (χ4n) is 1.10. The first-order valence-electron chi connectivity index (χ1n) is 3.94. The molecule has 3 heteroatoms. The number of rotatable bonds is 2. The van der Waals surface area contributed by atoms with Gasteiger partial charge in [0.25, 0.3) is 0 Å². The van der Waals surface area contributed by atoms with Crippen molar-refractivity contribution in [3.63, 3.8) is 0 Å². The Labute approximate surface area is 70.3 Å². The Kier molecular flexibility index (Phi) is 1.96. The molecule has 0 saturated carbocycles. The van der Waals surface area contributed by atoms with Crippen LogP contribution in [0.4, 0.5) is 10.1 Å². The molecule has 0 spiro atoms. The van der Waals surface area contributed by atoms with Gasteiger partial charge in [-0.15, -0.1) is 0 Å². The minimum atomic E-state index is -0.203. The van der Waals surface area contributed by atoms with E-state index in [0.29, 0.717) is 6.04 Å². The monoisotopic (exact) mass is 167 g/mol. The van der Waals surface area contributed by atoms with Crippen LogP contribution in [0.25, 0.3) is 0 Å². The van der Waals surface area contributed by atoms with Gasteiger partial charge in [0.05, 0.1) is 19.3 Å². The molecule has 0 bridgehead atoms. The smallest absolute Gasteiger partial charge is 0.123 e. The molecule has 12 heavy (non-hydrogen) atoms. The molecule has 1 aromatic carbocycles. The van der Waals surface area contributed by atoms with Gasteiger partial charge in [-0.25, -0.2) is 4.39 Å². The maximum Gasteiger partial charge on any atom is 0.123 e. The van der Waals surface area contributed by atoms with E-state index in [1.165, 1.54) is 12.1 Å². The first-order valence-corrected chi connectivity index (χ1v) is 3.94. The van der Waals surface area contributed by atoms with Crippen LogP contribution in [0.5, 0.6) is 0 Å². The summed E-state index contributed by atoms with van der Waals surface area (Å²) in [5.41, 5.74) is 0.949. The van der Waals surface area contributed by atoms with E-state index in [-0.39, 0.29) is 5.82 Å². The lowest BCUT2D eigenvalue weighted by Gasteiger charge is -2.27. The number of anilines is 1. The lowest BCUT2D eigenvalue weighted by molar-refractivity contribution is 0.0211. The summed E-state index contributed by atoms with van der Waals surface area (Å²) in [6.45, 7) is 1.49. The Morgan fingerprint density at radius 3 is 2.42 bits per heavy atom. The average Bonchev–Trinajstić information content (AvgIpc) is 2.00. The Bertz CT molecular complexity index is 256. The number of nitrogens with one attached hydrogen (secondary N) is 1. The van der Waals surface area contributed by atoms with E-state index in [9.17, 15) is 4.39 Å². The lowest BCUT2D eigenvalue weighted by atomic mass is 10.2. The highest BCUT2D eigenvalue weighted by Crippen LogP contribution is 2.12. The van der Waals surface area contributed by atoms with Crippen molar-refractivity contribution in [3.8, 4) is 0 Å². The Morgan fingerprint density at radius 1 is 1.25 bits per heavy atom. The van der Waals surface area contributed by atoms with Crippen molar-refractivity contribution < 1.29 is 9.13 Å². The molecule has 0 aromatic heterocycles. The SMILES string of the molecule is Fc1ccc(NC2COC2)cc1. The zero-order valence-electron chi connectivity index (χ0n) is 6.59. The molecule has 64 valence electrons. The molecule has 0 unspecified atom stereocenters. The summed E-state index contributed by atoms with van der Waals surface area (Å²) in [5, 5.41) is 3.21. The lowest BCUT2D eigenvalue weighted by Crippen LogP contribution is -2.40. The number of ether oxygens (including phenoxy) is 1. The third-order valence-corrected chi connectivity index (χ3v) is 1.85. The van der Waals surface area contributed by atoms with Crippen molar-refractivity contribution in [3.05, 3.63) is 30.1 Å². The van der Waals surface area contributed by atoms with Crippen LogP contribution in [0.1, 0.15) is 0 Å². The molecule has 1 aliphatic heterocycles. The van der Waals surface area contributed by atoms with Crippen molar-refractivity contribution in [2.75, 3.05) is 18.5 Å². The highest BCUT2D eigenvalue weighted by molar-refractivity contribution is 5.44. The van der Waals surface area contributed by atoms with Crippen LogP contribution >= 0.6 is 0 Å². The van der Waals surface area contributed by atoms with Gasteiger partial charge in [-0.1, -0.05) is 0 Å². The second kappa shape index (κ2) is 3.11. The zero-order chi connectivity index (χ0) is 8.39. The van der Waals surface area contributed by atoms with Gasteiger partial charge in [-0.05, 0) is 24.3 Å². The summed E-state index contributed by atoms with van der Waals surface area (Å²) < 4.78 is 17.5. The number of halogens is 1. The summed E-state index contributed by atoms with van der Waals surface area (Å²) in [4.78, 5) is 0. The van der Waals surface area contributed by atoms with Gasteiger partial charge in [0.1, 0.15) is 5.82 Å². The van der Waals surface area contributed by atoms with Gasteiger partial charge in [0, 0.05) is 5.69 Å². The maximum atomic E-state index is 12.5. The van der Waals surface area contributed by atoms with E-state index >= 15 is 0 Å². The summed E-state index contributed by atoms with van der Waals surface area (Å²) in [7, 11) is 0. The fourth-order valence-corrected chi connectivity index (χ4v) is 1.10. The Hall–Kier alpha value is -1.09. The molecule has 2 rings (SSSR count). The molecule has 1 saturated heterocycles. The van der Waals surface area contributed by atoms with Crippen LogP contribution < -0.4 is 5.32 Å². The van der Waals surface area contributed by atoms with Crippen molar-refractivity contribution in [2.45, 2.75) is 6.04 Å². The molecule has 0 aliphatic carbocycles.